The van der Waals surface area contributed by atoms with Crippen molar-refractivity contribution in [2.45, 2.75) is 56.4 Å². The normalized spacial score (nSPS) is 20.7. The molecule has 2 aromatic carbocycles. The second-order valence-corrected chi connectivity index (χ2v) is 9.12. The first kappa shape index (κ1) is 25.7. The van der Waals surface area contributed by atoms with Crippen molar-refractivity contribution in [3.05, 3.63) is 47.5 Å². The maximum Gasteiger partial charge on any atom is 0.161 e. The number of hydrogen-bond acceptors (Lipinski definition) is 6. The Kier molecular flexibility index (Phi) is 9.06. The molecule has 0 atom stereocenters. The lowest BCUT2D eigenvalue weighted by Crippen LogP contribution is -2.36. The van der Waals surface area contributed by atoms with Crippen molar-refractivity contribution in [2.75, 3.05) is 42.0 Å². The number of methoxy groups -OCH3 is 4. The average Bonchev–Trinajstić information content (AvgIpc) is 2.87. The highest BCUT2D eigenvalue weighted by Crippen LogP contribution is 2.41. The smallest absolute Gasteiger partial charge is 0.161 e. The maximum atomic E-state index is 10.2. The van der Waals surface area contributed by atoms with Crippen LogP contribution >= 0.6 is 0 Å². The van der Waals surface area contributed by atoms with Crippen molar-refractivity contribution >= 4 is 0 Å². The van der Waals surface area contributed by atoms with Crippen LogP contribution < -0.4 is 18.9 Å². The highest BCUT2D eigenvalue weighted by atomic mass is 16.5. The van der Waals surface area contributed by atoms with E-state index in [-0.39, 0.29) is 0 Å². The molecular formula is C28H38N2O4. The molecule has 3 rings (SSSR count). The number of nitriles is 1. The van der Waals surface area contributed by atoms with Gasteiger partial charge in [0.1, 0.15) is 0 Å². The minimum Gasteiger partial charge on any atom is -0.493 e. The van der Waals surface area contributed by atoms with E-state index in [0.717, 1.165) is 68.6 Å². The predicted molar refractivity (Wildman–Crippen MR) is 134 cm³/mol. The largest absolute Gasteiger partial charge is 0.493 e. The summed E-state index contributed by atoms with van der Waals surface area (Å²) in [6.07, 6.45) is 6.91. The Morgan fingerprint density at radius 3 is 1.97 bits per heavy atom. The quantitative estimate of drug-likeness (QED) is 0.494. The molecule has 0 aromatic heterocycles. The van der Waals surface area contributed by atoms with Gasteiger partial charge in [0.25, 0.3) is 0 Å². The summed E-state index contributed by atoms with van der Waals surface area (Å²) in [5, 5.41) is 10.2. The van der Waals surface area contributed by atoms with Gasteiger partial charge in [0.2, 0.25) is 0 Å². The van der Waals surface area contributed by atoms with Gasteiger partial charge in [0.05, 0.1) is 39.9 Å². The summed E-state index contributed by atoms with van der Waals surface area (Å²) in [6, 6.07) is 15.3. The molecule has 1 aliphatic carbocycles. The van der Waals surface area contributed by atoms with Crippen molar-refractivity contribution in [3.8, 4) is 29.1 Å². The fraction of sp³-hybridized carbons (Fsp3) is 0.536. The molecule has 1 saturated carbocycles. The van der Waals surface area contributed by atoms with Crippen LogP contribution in [0.3, 0.4) is 0 Å². The zero-order valence-electron chi connectivity index (χ0n) is 21.2. The van der Waals surface area contributed by atoms with E-state index in [9.17, 15) is 5.26 Å². The molecule has 2 aromatic rings. The van der Waals surface area contributed by atoms with E-state index in [1.165, 1.54) is 5.56 Å². The Labute approximate surface area is 204 Å². The van der Waals surface area contributed by atoms with Crippen molar-refractivity contribution in [2.24, 2.45) is 0 Å². The van der Waals surface area contributed by atoms with Gasteiger partial charge in [-0.25, -0.2) is 0 Å². The molecule has 0 saturated heterocycles. The first-order valence-electron chi connectivity index (χ1n) is 12.0. The molecule has 0 radical (unpaired) electrons. The number of hydrogen-bond donors (Lipinski definition) is 0. The van der Waals surface area contributed by atoms with Crippen molar-refractivity contribution in [3.63, 3.8) is 0 Å². The summed E-state index contributed by atoms with van der Waals surface area (Å²) in [6.45, 7) is 0.985. The van der Waals surface area contributed by atoms with Crippen LogP contribution in [0.5, 0.6) is 23.0 Å². The van der Waals surface area contributed by atoms with E-state index in [4.69, 9.17) is 18.9 Å². The third-order valence-corrected chi connectivity index (χ3v) is 7.26. The van der Waals surface area contributed by atoms with Crippen LogP contribution in [0.15, 0.2) is 36.4 Å². The third kappa shape index (κ3) is 5.77. The highest BCUT2D eigenvalue weighted by molar-refractivity contribution is 5.47. The summed E-state index contributed by atoms with van der Waals surface area (Å²) < 4.78 is 21.7. The van der Waals surface area contributed by atoms with E-state index in [1.54, 1.807) is 28.4 Å². The lowest BCUT2D eigenvalue weighted by Gasteiger charge is -2.35. The number of nitrogens with zero attached hydrogens (tertiary/aromatic N) is 2. The predicted octanol–water partition coefficient (Wildman–Crippen LogP) is 5.38. The Morgan fingerprint density at radius 1 is 0.853 bits per heavy atom. The zero-order valence-corrected chi connectivity index (χ0v) is 21.2. The summed E-state index contributed by atoms with van der Waals surface area (Å²) in [7, 11) is 8.83. The second kappa shape index (κ2) is 12.0. The molecular weight excluding hydrogens is 428 g/mol. The maximum absolute atomic E-state index is 10.2. The van der Waals surface area contributed by atoms with Crippen molar-refractivity contribution in [1.29, 1.82) is 5.26 Å². The van der Waals surface area contributed by atoms with Gasteiger partial charge in [0.15, 0.2) is 23.0 Å². The van der Waals surface area contributed by atoms with E-state index in [2.05, 4.69) is 30.1 Å². The van der Waals surface area contributed by atoms with Gasteiger partial charge in [-0.15, -0.1) is 0 Å². The number of rotatable bonds is 9. The molecule has 0 aliphatic heterocycles. The third-order valence-electron chi connectivity index (χ3n) is 7.26. The van der Waals surface area contributed by atoms with Crippen LogP contribution in [0.25, 0.3) is 0 Å². The van der Waals surface area contributed by atoms with Crippen LogP contribution in [0.1, 0.15) is 49.7 Å². The molecule has 0 bridgehead atoms. The average molecular weight is 467 g/mol. The topological polar surface area (TPSA) is 64.0 Å². The molecule has 6 heteroatoms. The Morgan fingerprint density at radius 2 is 1.41 bits per heavy atom. The SMILES string of the molecule is COc1ccc(CCN(C)C2CCCC(C#N)(c3ccc(OC)c(OC)c3)CCC2)cc1OC. The number of likely N-dealkylation sites (N-methyl/N-ethyl adjacent to an activating group) is 1. The molecule has 6 nitrogen and oxygen atoms in total. The van der Waals surface area contributed by atoms with E-state index >= 15 is 0 Å². The molecule has 0 heterocycles. The van der Waals surface area contributed by atoms with Crippen molar-refractivity contribution < 1.29 is 18.9 Å². The Hall–Kier alpha value is -2.91. The molecule has 184 valence electrons. The van der Waals surface area contributed by atoms with Crippen LogP contribution in [-0.2, 0) is 11.8 Å². The van der Waals surface area contributed by atoms with E-state index < -0.39 is 5.41 Å². The van der Waals surface area contributed by atoms with Gasteiger partial charge >= 0.3 is 0 Å². The van der Waals surface area contributed by atoms with Gasteiger partial charge in [-0.05, 0) is 87.4 Å². The van der Waals surface area contributed by atoms with Gasteiger partial charge in [-0.2, -0.15) is 5.26 Å². The molecule has 1 fully saturated rings. The molecule has 1 aliphatic rings. The zero-order chi connectivity index (χ0) is 24.6. The van der Waals surface area contributed by atoms with Gasteiger partial charge in [-0.1, -0.05) is 12.1 Å². The van der Waals surface area contributed by atoms with Gasteiger partial charge < -0.3 is 23.8 Å². The first-order chi connectivity index (χ1) is 16.5. The fourth-order valence-corrected chi connectivity index (χ4v) is 5.11. The second-order valence-electron chi connectivity index (χ2n) is 9.12. The fourth-order valence-electron chi connectivity index (χ4n) is 5.11. The van der Waals surface area contributed by atoms with Crippen LogP contribution in [-0.4, -0.2) is 53.0 Å². The summed E-state index contributed by atoms with van der Waals surface area (Å²) in [5.74, 6) is 2.91. The molecule has 0 spiro atoms. The lowest BCUT2D eigenvalue weighted by molar-refractivity contribution is 0.194. The molecule has 0 amide bonds. The number of ether oxygens (including phenoxy) is 4. The molecule has 34 heavy (non-hydrogen) atoms. The summed E-state index contributed by atoms with van der Waals surface area (Å²) in [5.41, 5.74) is 1.81. The highest BCUT2D eigenvalue weighted by Gasteiger charge is 2.34. The van der Waals surface area contributed by atoms with E-state index in [0.29, 0.717) is 17.5 Å². The summed E-state index contributed by atoms with van der Waals surface area (Å²) in [4.78, 5) is 2.48. The molecule has 0 N–H and O–H groups in total. The van der Waals surface area contributed by atoms with Crippen LogP contribution in [0, 0.1) is 11.3 Å². The standard InChI is InChI=1S/C28H38N2O4/c1-30(17-14-21-10-12-24(31-2)26(18-21)33-4)23-8-6-15-28(20-29,16-7-9-23)22-11-13-25(32-3)27(19-22)34-5/h10-13,18-19,23H,6-9,14-17H2,1-5H3. The molecule has 0 unspecified atom stereocenters. The summed E-state index contributed by atoms with van der Waals surface area (Å²) >= 11 is 0. The van der Waals surface area contributed by atoms with E-state index in [1.807, 2.05) is 24.3 Å². The Balaban J connectivity index is 1.61. The minimum atomic E-state index is -0.470. The number of benzene rings is 2. The van der Waals surface area contributed by atoms with Crippen molar-refractivity contribution in [1.82, 2.24) is 4.90 Å². The Bertz CT molecular complexity index is 975. The van der Waals surface area contributed by atoms with Crippen LogP contribution in [0.4, 0.5) is 0 Å². The van der Waals surface area contributed by atoms with Gasteiger partial charge in [-0.3, -0.25) is 0 Å². The lowest BCUT2D eigenvalue weighted by atomic mass is 9.71. The van der Waals surface area contributed by atoms with Gasteiger partial charge in [0, 0.05) is 12.6 Å². The van der Waals surface area contributed by atoms with Crippen LogP contribution in [0.2, 0.25) is 0 Å². The minimum absolute atomic E-state index is 0.470. The first-order valence-corrected chi connectivity index (χ1v) is 12.0. The monoisotopic (exact) mass is 466 g/mol.